The third-order valence-corrected chi connectivity index (χ3v) is 4.38. The van der Waals surface area contributed by atoms with Gasteiger partial charge in [-0.25, -0.2) is 13.1 Å². The second kappa shape index (κ2) is 4.15. The third-order valence-electron chi connectivity index (χ3n) is 3.05. The van der Waals surface area contributed by atoms with Gasteiger partial charge in [-0.15, -0.1) is 0 Å². The summed E-state index contributed by atoms with van der Waals surface area (Å²) in [5.41, 5.74) is -0.312. The van der Waals surface area contributed by atoms with E-state index in [1.807, 2.05) is 0 Å². The Bertz CT molecular complexity index is 431. The van der Waals surface area contributed by atoms with Crippen LogP contribution in [0.2, 0.25) is 0 Å². The third kappa shape index (κ3) is 2.11. The van der Waals surface area contributed by atoms with E-state index < -0.39 is 10.0 Å². The predicted molar refractivity (Wildman–Crippen MR) is 57.4 cm³/mol. The highest BCUT2D eigenvalue weighted by molar-refractivity contribution is 7.89. The summed E-state index contributed by atoms with van der Waals surface area (Å²) in [6.45, 7) is 0.310. The van der Waals surface area contributed by atoms with Gasteiger partial charge < -0.3 is 4.74 Å². The summed E-state index contributed by atoms with van der Waals surface area (Å²) in [5.74, 6) is 0. The minimum absolute atomic E-state index is 0.0816. The van der Waals surface area contributed by atoms with Crippen LogP contribution in [0.15, 0.2) is 17.3 Å². The second-order valence-electron chi connectivity index (χ2n) is 3.99. The minimum Gasteiger partial charge on any atom is -0.377 e. The topological polar surface area (TPSA) is 84.1 Å². The lowest BCUT2D eigenvalue weighted by molar-refractivity contribution is -0.0659. The summed E-state index contributed by atoms with van der Waals surface area (Å²) in [7, 11) is -1.87. The first-order chi connectivity index (χ1) is 7.58. The zero-order valence-corrected chi connectivity index (χ0v) is 9.88. The van der Waals surface area contributed by atoms with Gasteiger partial charge in [0.25, 0.3) is 10.0 Å². The fourth-order valence-corrected chi connectivity index (χ4v) is 2.74. The Morgan fingerprint density at radius 2 is 2.38 bits per heavy atom. The van der Waals surface area contributed by atoms with Gasteiger partial charge >= 0.3 is 0 Å². The van der Waals surface area contributed by atoms with Crippen LogP contribution in [0.4, 0.5) is 0 Å². The molecular weight excluding hydrogens is 230 g/mol. The maximum atomic E-state index is 11.8. The molecule has 1 aliphatic rings. The highest BCUT2D eigenvalue weighted by Gasteiger charge is 2.38. The number of H-pyrrole nitrogens is 1. The number of hydrogen-bond donors (Lipinski definition) is 2. The number of aromatic amines is 1. The number of sulfonamides is 1. The maximum absolute atomic E-state index is 11.8. The SMILES string of the molecule is COC1(CNS(=O)(=O)c2ccn[nH]2)CCC1. The normalized spacial score (nSPS) is 19.3. The molecule has 1 fully saturated rings. The quantitative estimate of drug-likeness (QED) is 0.779. The number of nitrogens with one attached hydrogen (secondary N) is 2. The molecule has 0 radical (unpaired) electrons. The first-order valence-electron chi connectivity index (χ1n) is 5.12. The standard InChI is InChI=1S/C9H15N3O3S/c1-15-9(4-2-5-9)7-11-16(13,14)8-3-6-10-12-8/h3,6,11H,2,4-5,7H2,1H3,(H,10,12). The molecule has 0 spiro atoms. The van der Waals surface area contributed by atoms with E-state index in [1.54, 1.807) is 7.11 Å². The van der Waals surface area contributed by atoms with Crippen molar-refractivity contribution < 1.29 is 13.2 Å². The van der Waals surface area contributed by atoms with Crippen molar-refractivity contribution in [3.63, 3.8) is 0 Å². The van der Waals surface area contributed by atoms with Gasteiger partial charge in [-0.2, -0.15) is 5.10 Å². The van der Waals surface area contributed by atoms with Crippen LogP contribution in [0.25, 0.3) is 0 Å². The molecule has 7 heteroatoms. The fourth-order valence-electron chi connectivity index (χ4n) is 1.72. The van der Waals surface area contributed by atoms with Crippen molar-refractivity contribution in [3.05, 3.63) is 12.3 Å². The molecule has 0 bridgehead atoms. The van der Waals surface area contributed by atoms with Gasteiger partial charge in [0.1, 0.15) is 0 Å². The van der Waals surface area contributed by atoms with E-state index in [-0.39, 0.29) is 10.6 Å². The van der Waals surface area contributed by atoms with Crippen molar-refractivity contribution in [1.29, 1.82) is 0 Å². The van der Waals surface area contributed by atoms with Gasteiger partial charge in [0.2, 0.25) is 0 Å². The summed E-state index contributed by atoms with van der Waals surface area (Å²) in [6.07, 6.45) is 4.29. The van der Waals surface area contributed by atoms with E-state index in [2.05, 4.69) is 14.9 Å². The van der Waals surface area contributed by atoms with Crippen LogP contribution >= 0.6 is 0 Å². The average Bonchev–Trinajstić information content (AvgIpc) is 2.70. The molecule has 1 aliphatic carbocycles. The largest absolute Gasteiger partial charge is 0.377 e. The van der Waals surface area contributed by atoms with Crippen molar-refractivity contribution in [2.24, 2.45) is 0 Å². The maximum Gasteiger partial charge on any atom is 0.257 e. The Morgan fingerprint density at radius 1 is 1.62 bits per heavy atom. The van der Waals surface area contributed by atoms with Gasteiger partial charge in [0, 0.05) is 13.7 Å². The lowest BCUT2D eigenvalue weighted by atomic mass is 9.80. The minimum atomic E-state index is -3.48. The van der Waals surface area contributed by atoms with E-state index in [0.717, 1.165) is 19.3 Å². The number of methoxy groups -OCH3 is 1. The molecule has 1 heterocycles. The van der Waals surface area contributed by atoms with Gasteiger partial charge in [-0.3, -0.25) is 5.10 Å². The van der Waals surface area contributed by atoms with Crippen LogP contribution < -0.4 is 4.72 Å². The van der Waals surface area contributed by atoms with Crippen molar-refractivity contribution in [3.8, 4) is 0 Å². The zero-order valence-electron chi connectivity index (χ0n) is 9.06. The van der Waals surface area contributed by atoms with Crippen LogP contribution in [-0.2, 0) is 14.8 Å². The Labute approximate surface area is 94.4 Å². The number of nitrogens with zero attached hydrogens (tertiary/aromatic N) is 1. The number of aromatic nitrogens is 2. The summed E-state index contributed by atoms with van der Waals surface area (Å²) in [4.78, 5) is 0. The van der Waals surface area contributed by atoms with E-state index >= 15 is 0 Å². The smallest absolute Gasteiger partial charge is 0.257 e. The molecule has 1 aromatic rings. The highest BCUT2D eigenvalue weighted by atomic mass is 32.2. The van der Waals surface area contributed by atoms with Crippen molar-refractivity contribution in [2.45, 2.75) is 29.9 Å². The molecule has 0 aromatic carbocycles. The molecule has 0 amide bonds. The number of rotatable bonds is 5. The van der Waals surface area contributed by atoms with Gasteiger partial charge in [-0.05, 0) is 25.3 Å². The first-order valence-corrected chi connectivity index (χ1v) is 6.61. The van der Waals surface area contributed by atoms with Crippen LogP contribution in [0.1, 0.15) is 19.3 Å². The molecule has 90 valence electrons. The fraction of sp³-hybridized carbons (Fsp3) is 0.667. The Morgan fingerprint density at radius 3 is 2.81 bits per heavy atom. The number of hydrogen-bond acceptors (Lipinski definition) is 4. The van der Waals surface area contributed by atoms with E-state index in [4.69, 9.17) is 4.74 Å². The molecule has 1 saturated carbocycles. The lowest BCUT2D eigenvalue weighted by Gasteiger charge is -2.40. The Balaban J connectivity index is 2.00. The Kier molecular flexibility index (Phi) is 3.00. The average molecular weight is 245 g/mol. The molecule has 16 heavy (non-hydrogen) atoms. The molecule has 0 aliphatic heterocycles. The van der Waals surface area contributed by atoms with E-state index in [1.165, 1.54) is 12.3 Å². The van der Waals surface area contributed by atoms with Crippen LogP contribution in [0, 0.1) is 0 Å². The van der Waals surface area contributed by atoms with Crippen LogP contribution in [0.3, 0.4) is 0 Å². The second-order valence-corrected chi connectivity index (χ2v) is 5.72. The number of ether oxygens (including phenoxy) is 1. The van der Waals surface area contributed by atoms with Gasteiger partial charge in [-0.1, -0.05) is 0 Å². The van der Waals surface area contributed by atoms with E-state index in [0.29, 0.717) is 6.54 Å². The summed E-state index contributed by atoms with van der Waals surface area (Å²) in [5, 5.41) is 6.12. The molecule has 6 nitrogen and oxygen atoms in total. The lowest BCUT2D eigenvalue weighted by Crippen LogP contribution is -2.49. The summed E-state index contributed by atoms with van der Waals surface area (Å²) < 4.78 is 31.4. The van der Waals surface area contributed by atoms with Crippen molar-refractivity contribution in [1.82, 2.24) is 14.9 Å². The first kappa shape index (κ1) is 11.6. The molecule has 0 unspecified atom stereocenters. The van der Waals surface area contributed by atoms with Crippen molar-refractivity contribution >= 4 is 10.0 Å². The predicted octanol–water partition coefficient (Wildman–Crippen LogP) is 0.257. The summed E-state index contributed by atoms with van der Waals surface area (Å²) >= 11 is 0. The zero-order chi connectivity index (χ0) is 11.6. The van der Waals surface area contributed by atoms with Crippen molar-refractivity contribution in [2.75, 3.05) is 13.7 Å². The van der Waals surface area contributed by atoms with E-state index in [9.17, 15) is 8.42 Å². The van der Waals surface area contributed by atoms with Crippen LogP contribution in [0.5, 0.6) is 0 Å². The molecule has 0 atom stereocenters. The van der Waals surface area contributed by atoms with Crippen LogP contribution in [-0.4, -0.2) is 37.9 Å². The highest BCUT2D eigenvalue weighted by Crippen LogP contribution is 2.34. The Hall–Kier alpha value is -0.920. The van der Waals surface area contributed by atoms with Gasteiger partial charge in [0.05, 0.1) is 11.8 Å². The monoisotopic (exact) mass is 245 g/mol. The molecule has 2 N–H and O–H groups in total. The summed E-state index contributed by atoms with van der Waals surface area (Å²) in [6, 6.07) is 1.42. The molecule has 2 rings (SSSR count). The molecular formula is C9H15N3O3S. The molecule has 1 aromatic heterocycles. The molecule has 0 saturated heterocycles. The van der Waals surface area contributed by atoms with Gasteiger partial charge in [0.15, 0.2) is 5.03 Å².